The molecular formula is C24H28N2O4. The highest BCUT2D eigenvalue weighted by Crippen LogP contribution is 2.31. The Hall–Kier alpha value is -3.28. The van der Waals surface area contributed by atoms with Gasteiger partial charge in [-0.25, -0.2) is 4.98 Å². The highest BCUT2D eigenvalue weighted by molar-refractivity contribution is 5.79. The van der Waals surface area contributed by atoms with Crippen molar-refractivity contribution >= 4 is 5.91 Å². The molecule has 0 aliphatic heterocycles. The van der Waals surface area contributed by atoms with Crippen molar-refractivity contribution in [3.8, 4) is 23.0 Å². The lowest BCUT2D eigenvalue weighted by molar-refractivity contribution is -0.121. The third-order valence-electron chi connectivity index (χ3n) is 4.69. The first kappa shape index (κ1) is 21.4. The molecule has 1 unspecified atom stereocenters. The Morgan fingerprint density at radius 1 is 1.07 bits per heavy atom. The highest BCUT2D eigenvalue weighted by atomic mass is 16.5. The highest BCUT2D eigenvalue weighted by Gasteiger charge is 2.17. The van der Waals surface area contributed by atoms with Gasteiger partial charge in [0.15, 0.2) is 11.5 Å². The minimum Gasteiger partial charge on any atom is -0.490 e. The van der Waals surface area contributed by atoms with Crippen molar-refractivity contribution in [1.29, 1.82) is 0 Å². The van der Waals surface area contributed by atoms with E-state index in [1.807, 2.05) is 76.2 Å². The Bertz CT molecular complexity index is 982. The fourth-order valence-corrected chi connectivity index (χ4v) is 3.16. The monoisotopic (exact) mass is 408 g/mol. The van der Waals surface area contributed by atoms with Crippen molar-refractivity contribution in [2.45, 2.75) is 40.2 Å². The number of carbonyl (C=O) groups excluding carboxylic acids is 1. The molecule has 1 N–H and O–H groups in total. The van der Waals surface area contributed by atoms with E-state index < -0.39 is 0 Å². The summed E-state index contributed by atoms with van der Waals surface area (Å²) < 4.78 is 17.0. The molecule has 1 amide bonds. The molecule has 6 heteroatoms. The largest absolute Gasteiger partial charge is 0.490 e. The second kappa shape index (κ2) is 9.96. The van der Waals surface area contributed by atoms with Crippen molar-refractivity contribution < 1.29 is 18.7 Å². The van der Waals surface area contributed by atoms with Gasteiger partial charge in [-0.3, -0.25) is 4.79 Å². The zero-order valence-corrected chi connectivity index (χ0v) is 17.9. The molecule has 3 rings (SSSR count). The lowest BCUT2D eigenvalue weighted by Gasteiger charge is -2.17. The summed E-state index contributed by atoms with van der Waals surface area (Å²) in [5, 5.41) is 3.02. The normalized spacial score (nSPS) is 11.7. The molecule has 6 nitrogen and oxygen atoms in total. The van der Waals surface area contributed by atoms with Gasteiger partial charge in [0.25, 0.3) is 0 Å². The van der Waals surface area contributed by atoms with Crippen LogP contribution in [-0.2, 0) is 11.2 Å². The van der Waals surface area contributed by atoms with Gasteiger partial charge in [-0.1, -0.05) is 24.3 Å². The molecule has 0 aliphatic carbocycles. The summed E-state index contributed by atoms with van der Waals surface area (Å²) >= 11 is 0. The van der Waals surface area contributed by atoms with Crippen LogP contribution < -0.4 is 14.8 Å². The van der Waals surface area contributed by atoms with E-state index >= 15 is 0 Å². The number of oxazole rings is 1. The van der Waals surface area contributed by atoms with Crippen LogP contribution in [0.2, 0.25) is 0 Å². The molecule has 1 atom stereocenters. The Morgan fingerprint density at radius 3 is 2.47 bits per heavy atom. The molecule has 0 saturated heterocycles. The fourth-order valence-electron chi connectivity index (χ4n) is 3.16. The summed E-state index contributed by atoms with van der Waals surface area (Å²) in [4.78, 5) is 17.1. The maximum absolute atomic E-state index is 12.6. The molecule has 0 bridgehead atoms. The molecular weight excluding hydrogens is 380 g/mol. The predicted octanol–water partition coefficient (Wildman–Crippen LogP) is 4.87. The summed E-state index contributed by atoms with van der Waals surface area (Å²) in [7, 11) is 0. The second-order valence-corrected chi connectivity index (χ2v) is 6.93. The summed E-state index contributed by atoms with van der Waals surface area (Å²) in [6.45, 7) is 8.73. The van der Waals surface area contributed by atoms with Gasteiger partial charge in [-0.15, -0.1) is 0 Å². The van der Waals surface area contributed by atoms with Crippen LogP contribution in [0.5, 0.6) is 11.5 Å². The third kappa shape index (κ3) is 5.20. The van der Waals surface area contributed by atoms with Gasteiger partial charge in [0.1, 0.15) is 5.76 Å². The number of hydrogen-bond acceptors (Lipinski definition) is 5. The SMILES string of the molecule is CCOc1ccc(C(C)NC(=O)Cc2nc(-c3ccccc3)oc2C)cc1OCC. The van der Waals surface area contributed by atoms with Crippen molar-refractivity contribution in [2.24, 2.45) is 0 Å². The Kier molecular flexibility index (Phi) is 7.12. The van der Waals surface area contributed by atoms with Crippen LogP contribution in [0.3, 0.4) is 0 Å². The molecule has 1 aromatic heterocycles. The molecule has 0 saturated carbocycles. The average molecular weight is 408 g/mol. The number of carbonyl (C=O) groups is 1. The number of amides is 1. The number of rotatable bonds is 9. The number of benzene rings is 2. The van der Waals surface area contributed by atoms with Crippen LogP contribution in [0.15, 0.2) is 52.9 Å². The van der Waals surface area contributed by atoms with Crippen LogP contribution in [0, 0.1) is 6.92 Å². The molecule has 158 valence electrons. The molecule has 0 spiro atoms. The van der Waals surface area contributed by atoms with Gasteiger partial charge in [-0.05, 0) is 57.5 Å². The Labute approximate surface area is 177 Å². The van der Waals surface area contributed by atoms with E-state index in [2.05, 4.69) is 10.3 Å². The maximum atomic E-state index is 12.6. The van der Waals surface area contributed by atoms with Crippen molar-refractivity contribution in [2.75, 3.05) is 13.2 Å². The van der Waals surface area contributed by atoms with Crippen LogP contribution in [0.4, 0.5) is 0 Å². The van der Waals surface area contributed by atoms with Gasteiger partial charge < -0.3 is 19.2 Å². The number of aryl methyl sites for hydroxylation is 1. The average Bonchev–Trinajstić information content (AvgIpc) is 3.10. The van der Waals surface area contributed by atoms with E-state index in [0.717, 1.165) is 11.1 Å². The zero-order valence-electron chi connectivity index (χ0n) is 17.9. The van der Waals surface area contributed by atoms with Crippen LogP contribution in [0.1, 0.15) is 43.8 Å². The van der Waals surface area contributed by atoms with Crippen molar-refractivity contribution in [3.05, 3.63) is 65.5 Å². The molecule has 2 aromatic carbocycles. The van der Waals surface area contributed by atoms with E-state index in [0.29, 0.717) is 42.1 Å². The van der Waals surface area contributed by atoms with Crippen molar-refractivity contribution in [3.63, 3.8) is 0 Å². The summed E-state index contributed by atoms with van der Waals surface area (Å²) in [6, 6.07) is 15.2. The summed E-state index contributed by atoms with van der Waals surface area (Å²) in [5.74, 6) is 2.43. The van der Waals surface area contributed by atoms with Crippen LogP contribution in [-0.4, -0.2) is 24.1 Å². The number of nitrogens with zero attached hydrogens (tertiary/aromatic N) is 1. The quantitative estimate of drug-likeness (QED) is 0.547. The lowest BCUT2D eigenvalue weighted by atomic mass is 10.1. The van der Waals surface area contributed by atoms with Gasteiger partial charge in [-0.2, -0.15) is 0 Å². The Morgan fingerprint density at radius 2 is 1.77 bits per heavy atom. The third-order valence-corrected chi connectivity index (χ3v) is 4.69. The molecule has 0 radical (unpaired) electrons. The van der Waals surface area contributed by atoms with Gasteiger partial charge in [0.05, 0.1) is 31.4 Å². The zero-order chi connectivity index (χ0) is 21.5. The molecule has 0 fully saturated rings. The first-order chi connectivity index (χ1) is 14.5. The van der Waals surface area contributed by atoms with Gasteiger partial charge in [0.2, 0.25) is 11.8 Å². The first-order valence-electron chi connectivity index (χ1n) is 10.2. The van der Waals surface area contributed by atoms with E-state index in [1.54, 1.807) is 0 Å². The minimum absolute atomic E-state index is 0.120. The number of aromatic nitrogens is 1. The van der Waals surface area contributed by atoms with Crippen molar-refractivity contribution in [1.82, 2.24) is 10.3 Å². The standard InChI is InChI=1S/C24H28N2O4/c1-5-28-21-13-12-19(14-22(21)29-6-2)16(3)25-23(27)15-20-17(4)30-24(26-20)18-10-8-7-9-11-18/h7-14,16H,5-6,15H2,1-4H3,(H,25,27). The minimum atomic E-state index is -0.187. The van der Waals surface area contributed by atoms with E-state index in [-0.39, 0.29) is 18.4 Å². The lowest BCUT2D eigenvalue weighted by Crippen LogP contribution is -2.28. The molecule has 1 heterocycles. The molecule has 0 aliphatic rings. The maximum Gasteiger partial charge on any atom is 0.226 e. The second-order valence-electron chi connectivity index (χ2n) is 6.93. The topological polar surface area (TPSA) is 73.6 Å². The summed E-state index contributed by atoms with van der Waals surface area (Å²) in [5.41, 5.74) is 2.47. The van der Waals surface area contributed by atoms with Gasteiger partial charge >= 0.3 is 0 Å². The van der Waals surface area contributed by atoms with Gasteiger partial charge in [0, 0.05) is 5.56 Å². The van der Waals surface area contributed by atoms with Crippen LogP contribution >= 0.6 is 0 Å². The summed E-state index contributed by atoms with van der Waals surface area (Å²) in [6.07, 6.45) is 0.155. The number of nitrogens with one attached hydrogen (secondary N) is 1. The van der Waals surface area contributed by atoms with E-state index in [1.165, 1.54) is 0 Å². The van der Waals surface area contributed by atoms with Crippen LogP contribution in [0.25, 0.3) is 11.5 Å². The first-order valence-corrected chi connectivity index (χ1v) is 10.2. The predicted molar refractivity (Wildman–Crippen MR) is 116 cm³/mol. The number of hydrogen-bond donors (Lipinski definition) is 1. The van der Waals surface area contributed by atoms with E-state index in [9.17, 15) is 4.79 Å². The van der Waals surface area contributed by atoms with E-state index in [4.69, 9.17) is 13.9 Å². The molecule has 3 aromatic rings. The smallest absolute Gasteiger partial charge is 0.226 e. The molecule has 30 heavy (non-hydrogen) atoms. The Balaban J connectivity index is 1.68. The number of ether oxygens (including phenoxy) is 2. The fraction of sp³-hybridized carbons (Fsp3) is 0.333.